The number of benzene rings is 2. The second kappa shape index (κ2) is 8.62. The van der Waals surface area contributed by atoms with E-state index in [0.717, 1.165) is 11.3 Å². The van der Waals surface area contributed by atoms with Gasteiger partial charge in [-0.2, -0.15) is 0 Å². The highest BCUT2D eigenvalue weighted by Crippen LogP contribution is 2.45. The van der Waals surface area contributed by atoms with Crippen LogP contribution in [0.25, 0.3) is 11.3 Å². The van der Waals surface area contributed by atoms with E-state index in [1.165, 1.54) is 12.0 Å². The number of carbonyl (C=O) groups excluding carboxylic acids is 3. The smallest absolute Gasteiger partial charge is 0.295 e. The maximum absolute atomic E-state index is 13.4. The fraction of sp³-hybridized carbons (Fsp3) is 0.259. The predicted octanol–water partition coefficient (Wildman–Crippen LogP) is 4.65. The summed E-state index contributed by atoms with van der Waals surface area (Å²) >= 11 is 0. The first kappa shape index (κ1) is 22.4. The highest BCUT2D eigenvalue weighted by atomic mass is 16.5. The third kappa shape index (κ3) is 4.04. The van der Waals surface area contributed by atoms with Crippen molar-refractivity contribution in [2.75, 3.05) is 12.0 Å². The topological polar surface area (TPSA) is 76.6 Å². The van der Waals surface area contributed by atoms with Crippen LogP contribution in [0, 0.1) is 11.3 Å². The van der Waals surface area contributed by atoms with Crippen LogP contribution in [0.1, 0.15) is 32.4 Å². The third-order valence-electron chi connectivity index (χ3n) is 5.89. The Bertz CT molecular complexity index is 1200. The van der Waals surface area contributed by atoms with Crippen molar-refractivity contribution in [2.24, 2.45) is 11.3 Å². The summed E-state index contributed by atoms with van der Waals surface area (Å²) in [5.74, 6) is -2.26. The summed E-state index contributed by atoms with van der Waals surface area (Å²) in [6.07, 6.45) is 1.71. The van der Waals surface area contributed by atoms with Crippen LogP contribution < -0.4 is 9.64 Å². The highest BCUT2D eigenvalue weighted by Gasteiger charge is 2.54. The molecule has 168 valence electrons. The Balaban J connectivity index is 1.84. The van der Waals surface area contributed by atoms with Gasteiger partial charge in [0.1, 0.15) is 11.7 Å². The lowest BCUT2D eigenvalue weighted by Gasteiger charge is -2.30. The molecule has 33 heavy (non-hydrogen) atoms. The van der Waals surface area contributed by atoms with Gasteiger partial charge in [-0.3, -0.25) is 24.3 Å². The number of rotatable bonds is 5. The van der Waals surface area contributed by atoms with E-state index in [1.807, 2.05) is 42.5 Å². The van der Waals surface area contributed by atoms with Crippen LogP contribution in [0.4, 0.5) is 5.69 Å². The summed E-state index contributed by atoms with van der Waals surface area (Å²) in [6.45, 7) is 5.28. The molecule has 2 unspecified atom stereocenters. The minimum Gasteiger partial charge on any atom is -0.496 e. The van der Waals surface area contributed by atoms with Gasteiger partial charge in [-0.25, -0.2) is 0 Å². The molecule has 0 spiro atoms. The van der Waals surface area contributed by atoms with Gasteiger partial charge in [0, 0.05) is 28.4 Å². The van der Waals surface area contributed by atoms with Gasteiger partial charge in [0.25, 0.3) is 5.91 Å². The third-order valence-corrected chi connectivity index (χ3v) is 5.89. The molecule has 2 aromatic carbocycles. The Hall–Kier alpha value is -3.80. The SMILES string of the molecule is COc1ccccc1C1C(C(=O)C(C)(C)C)C(=O)C(=O)N1c1ccc(-c2ccccn2)cc1. The summed E-state index contributed by atoms with van der Waals surface area (Å²) in [4.78, 5) is 45.6. The zero-order valence-electron chi connectivity index (χ0n) is 19.1. The van der Waals surface area contributed by atoms with E-state index in [4.69, 9.17) is 4.74 Å². The van der Waals surface area contributed by atoms with Gasteiger partial charge in [0.2, 0.25) is 5.78 Å². The molecule has 0 aliphatic carbocycles. The number of hydrogen-bond acceptors (Lipinski definition) is 5. The number of nitrogens with zero attached hydrogens (tertiary/aromatic N) is 2. The number of hydrogen-bond donors (Lipinski definition) is 0. The molecule has 1 aliphatic rings. The lowest BCUT2D eigenvalue weighted by Crippen LogP contribution is -2.36. The number of Topliss-reactive ketones (excluding diaryl/α,β-unsaturated/α-hetero) is 2. The van der Waals surface area contributed by atoms with Gasteiger partial charge < -0.3 is 4.74 Å². The molecule has 3 aromatic rings. The van der Waals surface area contributed by atoms with Crippen molar-refractivity contribution in [1.29, 1.82) is 0 Å². The summed E-state index contributed by atoms with van der Waals surface area (Å²) < 4.78 is 5.53. The van der Waals surface area contributed by atoms with Crippen molar-refractivity contribution in [3.05, 3.63) is 78.5 Å². The fourth-order valence-electron chi connectivity index (χ4n) is 4.23. The van der Waals surface area contributed by atoms with E-state index < -0.39 is 29.1 Å². The Morgan fingerprint density at radius 1 is 0.939 bits per heavy atom. The summed E-state index contributed by atoms with van der Waals surface area (Å²) in [5, 5.41) is 0. The Morgan fingerprint density at radius 2 is 1.61 bits per heavy atom. The van der Waals surface area contributed by atoms with Gasteiger partial charge in [-0.1, -0.05) is 57.2 Å². The van der Waals surface area contributed by atoms with Crippen LogP contribution in [0.2, 0.25) is 0 Å². The quantitative estimate of drug-likeness (QED) is 0.425. The summed E-state index contributed by atoms with van der Waals surface area (Å²) in [5.41, 5.74) is 2.05. The monoisotopic (exact) mass is 442 g/mol. The fourth-order valence-corrected chi connectivity index (χ4v) is 4.23. The highest BCUT2D eigenvalue weighted by molar-refractivity contribution is 6.48. The van der Waals surface area contributed by atoms with Crippen LogP contribution in [-0.2, 0) is 14.4 Å². The number of methoxy groups -OCH3 is 1. The van der Waals surface area contributed by atoms with Gasteiger partial charge in [0.15, 0.2) is 5.78 Å². The lowest BCUT2D eigenvalue weighted by atomic mass is 9.77. The summed E-state index contributed by atoms with van der Waals surface area (Å²) in [7, 11) is 1.53. The van der Waals surface area contributed by atoms with Crippen LogP contribution >= 0.6 is 0 Å². The van der Waals surface area contributed by atoms with E-state index in [-0.39, 0.29) is 5.78 Å². The van der Waals surface area contributed by atoms with E-state index in [2.05, 4.69) is 4.98 Å². The van der Waals surface area contributed by atoms with Gasteiger partial charge in [-0.05, 0) is 30.3 Å². The first-order valence-electron chi connectivity index (χ1n) is 10.8. The second-order valence-corrected chi connectivity index (χ2v) is 9.08. The molecule has 1 amide bonds. The maximum atomic E-state index is 13.4. The average Bonchev–Trinajstić information content (AvgIpc) is 3.08. The Kier molecular flexibility index (Phi) is 5.85. The molecule has 2 heterocycles. The molecule has 4 rings (SSSR count). The van der Waals surface area contributed by atoms with Crippen molar-refractivity contribution in [1.82, 2.24) is 4.98 Å². The number of para-hydroxylation sites is 1. The molecule has 0 bridgehead atoms. The molecular formula is C27H26N2O4. The first-order chi connectivity index (χ1) is 15.7. The van der Waals surface area contributed by atoms with Crippen molar-refractivity contribution in [3.63, 3.8) is 0 Å². The van der Waals surface area contributed by atoms with Crippen molar-refractivity contribution in [2.45, 2.75) is 26.8 Å². The number of aromatic nitrogens is 1. The van der Waals surface area contributed by atoms with E-state index in [0.29, 0.717) is 17.0 Å². The predicted molar refractivity (Wildman–Crippen MR) is 126 cm³/mol. The normalized spacial score (nSPS) is 18.5. The van der Waals surface area contributed by atoms with Gasteiger partial charge >= 0.3 is 0 Å². The van der Waals surface area contributed by atoms with Crippen LogP contribution in [0.3, 0.4) is 0 Å². The van der Waals surface area contributed by atoms with Crippen LogP contribution in [-0.4, -0.2) is 29.6 Å². The first-order valence-corrected chi connectivity index (χ1v) is 10.8. The zero-order valence-corrected chi connectivity index (χ0v) is 19.1. The minimum absolute atomic E-state index is 0.274. The molecule has 6 nitrogen and oxygen atoms in total. The van der Waals surface area contributed by atoms with E-state index in [1.54, 1.807) is 51.2 Å². The minimum atomic E-state index is -1.12. The molecular weight excluding hydrogens is 416 g/mol. The molecule has 1 saturated heterocycles. The van der Waals surface area contributed by atoms with Crippen LogP contribution in [0.5, 0.6) is 5.75 Å². The standard InChI is InChI=1S/C27H26N2O4/c1-27(2,3)25(31)22-23(19-9-5-6-11-21(19)33-4)29(26(32)24(22)30)18-14-12-17(13-15-18)20-10-7-8-16-28-20/h5-16,22-23H,1-4H3. The molecule has 1 aromatic heterocycles. The number of carbonyl (C=O) groups is 3. The number of anilines is 1. The molecule has 6 heteroatoms. The van der Waals surface area contributed by atoms with Gasteiger partial charge in [-0.15, -0.1) is 0 Å². The van der Waals surface area contributed by atoms with E-state index >= 15 is 0 Å². The lowest BCUT2D eigenvalue weighted by molar-refractivity contribution is -0.141. The number of pyridine rings is 1. The maximum Gasteiger partial charge on any atom is 0.295 e. The molecule has 1 fully saturated rings. The zero-order chi connectivity index (χ0) is 23.8. The van der Waals surface area contributed by atoms with E-state index in [9.17, 15) is 14.4 Å². The second-order valence-electron chi connectivity index (χ2n) is 9.08. The molecule has 2 atom stereocenters. The Labute approximate surface area is 193 Å². The van der Waals surface area contributed by atoms with Gasteiger partial charge in [0.05, 0.1) is 18.8 Å². The Morgan fingerprint density at radius 3 is 2.21 bits per heavy atom. The largest absolute Gasteiger partial charge is 0.496 e. The number of amides is 1. The molecule has 1 aliphatic heterocycles. The molecule has 0 radical (unpaired) electrons. The van der Waals surface area contributed by atoms with Crippen molar-refractivity contribution in [3.8, 4) is 17.0 Å². The molecule has 0 saturated carbocycles. The summed E-state index contributed by atoms with van der Waals surface area (Å²) in [6, 6.07) is 19.3. The van der Waals surface area contributed by atoms with Crippen molar-refractivity contribution < 1.29 is 19.1 Å². The number of ether oxygens (including phenoxy) is 1. The number of ketones is 2. The average molecular weight is 443 g/mol. The van der Waals surface area contributed by atoms with Crippen molar-refractivity contribution >= 4 is 23.2 Å². The molecule has 0 N–H and O–H groups in total. The van der Waals surface area contributed by atoms with Crippen LogP contribution in [0.15, 0.2) is 72.9 Å².